The quantitative estimate of drug-likeness (QED) is 0.492. The van der Waals surface area contributed by atoms with Crippen molar-refractivity contribution in [1.82, 2.24) is 0 Å². The van der Waals surface area contributed by atoms with E-state index in [1.807, 2.05) is 0 Å². The Morgan fingerprint density at radius 1 is 1.60 bits per heavy atom. The molecule has 1 aliphatic rings. The summed E-state index contributed by atoms with van der Waals surface area (Å²) in [5.74, 6) is 0.461. The smallest absolute Gasteiger partial charge is 0.311 e. The van der Waals surface area contributed by atoms with Crippen LogP contribution in [-0.2, 0) is 4.79 Å². The van der Waals surface area contributed by atoms with Gasteiger partial charge in [0.1, 0.15) is 11.5 Å². The molecule has 1 unspecified atom stereocenters. The molecule has 0 aromatic heterocycles. The third-order valence-electron chi connectivity index (χ3n) is 2.34. The van der Waals surface area contributed by atoms with Gasteiger partial charge in [0.05, 0.1) is 10.9 Å². The number of phenolic OH excluding ortho intramolecular Hbond substituents is 1. The van der Waals surface area contributed by atoms with Crippen molar-refractivity contribution in [2.45, 2.75) is 12.3 Å². The molecular weight excluding hydrogens is 283 g/mol. The first kappa shape index (κ1) is 10.8. The minimum absolute atomic E-state index is 0.0418. The number of esters is 1. The van der Waals surface area contributed by atoms with E-state index in [0.717, 1.165) is 5.56 Å². The van der Waals surface area contributed by atoms with Gasteiger partial charge in [0.25, 0.3) is 0 Å². The van der Waals surface area contributed by atoms with Crippen LogP contribution in [0.1, 0.15) is 17.9 Å². The van der Waals surface area contributed by atoms with Gasteiger partial charge in [0, 0.05) is 23.4 Å². The molecule has 1 atom stereocenters. The lowest BCUT2D eigenvalue weighted by atomic mass is 9.94. The monoisotopic (exact) mass is 290 g/mol. The number of rotatable bonds is 1. The Kier molecular flexibility index (Phi) is 2.89. The first-order valence-corrected chi connectivity index (χ1v) is 5.73. The van der Waals surface area contributed by atoms with Gasteiger partial charge in [-0.2, -0.15) is 0 Å². The van der Waals surface area contributed by atoms with Crippen molar-refractivity contribution >= 4 is 33.5 Å². The summed E-state index contributed by atoms with van der Waals surface area (Å²) in [7, 11) is 0. The fourth-order valence-corrected chi connectivity index (χ4v) is 2.22. The molecule has 0 radical (unpaired) electrons. The molecule has 80 valence electrons. The molecule has 0 aliphatic carbocycles. The van der Waals surface area contributed by atoms with Crippen LogP contribution in [0.3, 0.4) is 0 Å². The summed E-state index contributed by atoms with van der Waals surface area (Å²) in [6.45, 7) is 0. The van der Waals surface area contributed by atoms with Crippen molar-refractivity contribution in [3.63, 3.8) is 0 Å². The Morgan fingerprint density at radius 2 is 2.33 bits per heavy atom. The van der Waals surface area contributed by atoms with Crippen molar-refractivity contribution in [1.29, 1.82) is 0 Å². The van der Waals surface area contributed by atoms with Gasteiger partial charge in [0.15, 0.2) is 0 Å². The molecule has 5 heteroatoms. The standard InChI is InChI=1S/C10H8BrClO3/c11-7-2-6-5(4-12)1-10(14)15-9(6)3-8(7)13/h2-3,5,13H,1,4H2. The van der Waals surface area contributed by atoms with Gasteiger partial charge in [-0.1, -0.05) is 0 Å². The van der Waals surface area contributed by atoms with E-state index < -0.39 is 0 Å². The lowest BCUT2D eigenvalue weighted by Crippen LogP contribution is -2.21. The van der Waals surface area contributed by atoms with Crippen LogP contribution in [0.15, 0.2) is 16.6 Å². The molecule has 1 aromatic rings. The Hall–Kier alpha value is -0.740. The first-order chi connectivity index (χ1) is 7.11. The van der Waals surface area contributed by atoms with Crippen LogP contribution in [0, 0.1) is 0 Å². The fourth-order valence-electron chi connectivity index (χ4n) is 1.58. The summed E-state index contributed by atoms with van der Waals surface area (Å²) < 4.78 is 5.60. The molecule has 2 rings (SSSR count). The van der Waals surface area contributed by atoms with E-state index in [4.69, 9.17) is 16.3 Å². The molecule has 0 bridgehead atoms. The van der Waals surface area contributed by atoms with E-state index in [0.29, 0.717) is 16.1 Å². The second-order valence-electron chi connectivity index (χ2n) is 3.37. The lowest BCUT2D eigenvalue weighted by Gasteiger charge is -2.23. The van der Waals surface area contributed by atoms with Crippen molar-refractivity contribution < 1.29 is 14.6 Å². The fraction of sp³-hybridized carbons (Fsp3) is 0.300. The highest BCUT2D eigenvalue weighted by atomic mass is 79.9. The van der Waals surface area contributed by atoms with Gasteiger partial charge in [-0.25, -0.2) is 0 Å². The zero-order valence-electron chi connectivity index (χ0n) is 7.67. The van der Waals surface area contributed by atoms with Crippen molar-refractivity contribution in [3.8, 4) is 11.5 Å². The predicted octanol–water partition coefficient (Wildman–Crippen LogP) is 2.79. The number of alkyl halides is 1. The zero-order valence-corrected chi connectivity index (χ0v) is 10.0. The number of fused-ring (bicyclic) bond motifs is 1. The molecule has 1 N–H and O–H groups in total. The highest BCUT2D eigenvalue weighted by Gasteiger charge is 2.27. The van der Waals surface area contributed by atoms with Gasteiger partial charge in [-0.15, -0.1) is 11.6 Å². The summed E-state index contributed by atoms with van der Waals surface area (Å²) in [4.78, 5) is 11.2. The number of halogens is 2. The van der Waals surface area contributed by atoms with Gasteiger partial charge >= 0.3 is 5.97 Å². The molecule has 0 saturated heterocycles. The number of hydrogen-bond acceptors (Lipinski definition) is 3. The van der Waals surface area contributed by atoms with E-state index in [9.17, 15) is 9.90 Å². The largest absolute Gasteiger partial charge is 0.507 e. The number of benzene rings is 1. The number of carbonyl (C=O) groups is 1. The highest BCUT2D eigenvalue weighted by Crippen LogP contribution is 2.40. The average Bonchev–Trinajstić information content (AvgIpc) is 2.19. The maximum absolute atomic E-state index is 11.2. The lowest BCUT2D eigenvalue weighted by molar-refractivity contribution is -0.135. The summed E-state index contributed by atoms with van der Waals surface area (Å²) >= 11 is 8.99. The molecule has 0 fully saturated rings. The topological polar surface area (TPSA) is 46.5 Å². The normalized spacial score (nSPS) is 19.6. The van der Waals surface area contributed by atoms with E-state index in [2.05, 4.69) is 15.9 Å². The molecule has 1 aliphatic heterocycles. The van der Waals surface area contributed by atoms with E-state index in [-0.39, 0.29) is 24.1 Å². The van der Waals surface area contributed by atoms with E-state index in [1.54, 1.807) is 6.07 Å². The molecule has 0 spiro atoms. The first-order valence-electron chi connectivity index (χ1n) is 4.41. The third-order valence-corrected chi connectivity index (χ3v) is 3.35. The summed E-state index contributed by atoms with van der Waals surface area (Å²) in [5.41, 5.74) is 0.856. The Labute approximate surface area is 100 Å². The molecule has 1 aromatic carbocycles. The van der Waals surface area contributed by atoms with E-state index in [1.165, 1.54) is 6.07 Å². The van der Waals surface area contributed by atoms with Crippen LogP contribution >= 0.6 is 27.5 Å². The van der Waals surface area contributed by atoms with Gasteiger partial charge in [0.2, 0.25) is 0 Å². The van der Waals surface area contributed by atoms with Crippen molar-refractivity contribution in [2.24, 2.45) is 0 Å². The number of aromatic hydroxyl groups is 1. The molecule has 0 saturated carbocycles. The minimum atomic E-state index is -0.310. The maximum Gasteiger partial charge on any atom is 0.311 e. The van der Waals surface area contributed by atoms with Crippen molar-refractivity contribution in [2.75, 3.05) is 5.88 Å². The second-order valence-corrected chi connectivity index (χ2v) is 4.53. The van der Waals surface area contributed by atoms with Gasteiger partial charge < -0.3 is 9.84 Å². The van der Waals surface area contributed by atoms with E-state index >= 15 is 0 Å². The maximum atomic E-state index is 11.2. The number of hydrogen-bond donors (Lipinski definition) is 1. The second kappa shape index (κ2) is 4.02. The average molecular weight is 292 g/mol. The summed E-state index contributed by atoms with van der Waals surface area (Å²) in [6.07, 6.45) is 0.285. The van der Waals surface area contributed by atoms with Crippen LogP contribution in [0.2, 0.25) is 0 Å². The molecular formula is C10H8BrClO3. The Bertz CT molecular complexity index is 419. The number of phenols is 1. The molecule has 3 nitrogen and oxygen atoms in total. The third kappa shape index (κ3) is 1.96. The summed E-state index contributed by atoms with van der Waals surface area (Å²) in [5, 5.41) is 9.45. The van der Waals surface area contributed by atoms with Crippen LogP contribution < -0.4 is 4.74 Å². The minimum Gasteiger partial charge on any atom is -0.507 e. The summed E-state index contributed by atoms with van der Waals surface area (Å²) in [6, 6.07) is 3.17. The molecule has 15 heavy (non-hydrogen) atoms. The van der Waals surface area contributed by atoms with Gasteiger partial charge in [-0.05, 0) is 22.0 Å². The Balaban J connectivity index is 2.51. The van der Waals surface area contributed by atoms with Crippen LogP contribution in [0.25, 0.3) is 0 Å². The number of ether oxygens (including phenoxy) is 1. The molecule has 0 amide bonds. The highest BCUT2D eigenvalue weighted by molar-refractivity contribution is 9.10. The number of carbonyl (C=O) groups excluding carboxylic acids is 1. The van der Waals surface area contributed by atoms with Crippen LogP contribution in [0.5, 0.6) is 11.5 Å². The molecule has 1 heterocycles. The van der Waals surface area contributed by atoms with Gasteiger partial charge in [-0.3, -0.25) is 4.79 Å². The predicted molar refractivity (Wildman–Crippen MR) is 59.5 cm³/mol. The Morgan fingerprint density at radius 3 is 3.00 bits per heavy atom. The zero-order chi connectivity index (χ0) is 11.0. The van der Waals surface area contributed by atoms with Crippen LogP contribution in [0.4, 0.5) is 0 Å². The van der Waals surface area contributed by atoms with Crippen molar-refractivity contribution in [3.05, 3.63) is 22.2 Å². The SMILES string of the molecule is O=C1CC(CCl)c2cc(Br)c(O)cc2O1. The van der Waals surface area contributed by atoms with Crippen LogP contribution in [-0.4, -0.2) is 17.0 Å².